The van der Waals surface area contributed by atoms with Crippen LogP contribution in [0.4, 0.5) is 10.1 Å². The van der Waals surface area contributed by atoms with Gasteiger partial charge in [-0.3, -0.25) is 4.72 Å². The maximum Gasteiger partial charge on any atom is 0.347 e. The highest BCUT2D eigenvalue weighted by Gasteiger charge is 2.27. The summed E-state index contributed by atoms with van der Waals surface area (Å²) in [6.07, 6.45) is 0. The molecule has 2 aromatic rings. The summed E-state index contributed by atoms with van der Waals surface area (Å²) in [5.41, 5.74) is 0.217. The van der Waals surface area contributed by atoms with E-state index >= 15 is 0 Å². The first-order chi connectivity index (χ1) is 9.70. The van der Waals surface area contributed by atoms with Gasteiger partial charge in [0.25, 0.3) is 10.0 Å². The van der Waals surface area contributed by atoms with E-state index in [0.717, 1.165) is 23.5 Å². The van der Waals surface area contributed by atoms with Crippen LogP contribution in [0.5, 0.6) is 0 Å². The molecule has 0 amide bonds. The van der Waals surface area contributed by atoms with Crippen LogP contribution in [0.3, 0.4) is 0 Å². The van der Waals surface area contributed by atoms with Crippen LogP contribution >= 0.6 is 22.9 Å². The summed E-state index contributed by atoms with van der Waals surface area (Å²) < 4.78 is 39.9. The van der Waals surface area contributed by atoms with Crippen molar-refractivity contribution in [2.24, 2.45) is 0 Å². The molecule has 21 heavy (non-hydrogen) atoms. The number of rotatable bonds is 4. The molecule has 112 valence electrons. The van der Waals surface area contributed by atoms with Crippen molar-refractivity contribution in [2.45, 2.75) is 11.8 Å². The highest BCUT2D eigenvalue weighted by atomic mass is 35.5. The van der Waals surface area contributed by atoms with Crippen molar-refractivity contribution < 1.29 is 22.7 Å². The molecule has 0 saturated carbocycles. The lowest BCUT2D eigenvalue weighted by molar-refractivity contribution is 0.0698. The highest BCUT2D eigenvalue weighted by molar-refractivity contribution is 7.93. The van der Waals surface area contributed by atoms with E-state index < -0.39 is 21.8 Å². The van der Waals surface area contributed by atoms with E-state index in [4.69, 9.17) is 16.7 Å². The molecule has 0 spiro atoms. The Hall–Kier alpha value is -1.64. The molecule has 0 saturated heterocycles. The third-order valence-electron chi connectivity index (χ3n) is 2.50. The average molecular weight is 350 g/mol. The van der Waals surface area contributed by atoms with Gasteiger partial charge in [-0.05, 0) is 36.1 Å². The van der Waals surface area contributed by atoms with Crippen LogP contribution in [0.15, 0.2) is 28.5 Å². The minimum Gasteiger partial charge on any atom is -0.477 e. The van der Waals surface area contributed by atoms with Crippen LogP contribution in [-0.2, 0) is 10.0 Å². The van der Waals surface area contributed by atoms with Gasteiger partial charge in [-0.2, -0.15) is 0 Å². The first-order valence-electron chi connectivity index (χ1n) is 5.51. The van der Waals surface area contributed by atoms with Crippen LogP contribution in [0.2, 0.25) is 5.02 Å². The molecule has 0 unspecified atom stereocenters. The Labute approximate surface area is 129 Å². The monoisotopic (exact) mass is 349 g/mol. The Bertz CT molecular complexity index is 796. The average Bonchev–Trinajstić information content (AvgIpc) is 2.69. The number of anilines is 1. The van der Waals surface area contributed by atoms with Crippen LogP contribution in [0.25, 0.3) is 0 Å². The minimum absolute atomic E-state index is 0.0215. The number of benzene rings is 1. The van der Waals surface area contributed by atoms with Gasteiger partial charge in [0.2, 0.25) is 0 Å². The number of aryl methyl sites for hydroxylation is 1. The first-order valence-corrected chi connectivity index (χ1v) is 8.25. The molecule has 0 aliphatic carbocycles. The Morgan fingerprint density at radius 1 is 1.38 bits per heavy atom. The van der Waals surface area contributed by atoms with Gasteiger partial charge >= 0.3 is 5.97 Å². The predicted octanol–water partition coefficient (Wildman–Crippen LogP) is 3.35. The van der Waals surface area contributed by atoms with Crippen LogP contribution < -0.4 is 4.72 Å². The molecule has 0 atom stereocenters. The lowest BCUT2D eigenvalue weighted by Crippen LogP contribution is -2.16. The summed E-state index contributed by atoms with van der Waals surface area (Å²) in [6, 6.07) is 3.20. The second-order valence-electron chi connectivity index (χ2n) is 4.15. The number of halogens is 2. The van der Waals surface area contributed by atoms with Crippen molar-refractivity contribution in [3.05, 3.63) is 44.9 Å². The van der Waals surface area contributed by atoms with Crippen molar-refractivity contribution in [1.29, 1.82) is 0 Å². The van der Waals surface area contributed by atoms with Crippen molar-refractivity contribution >= 4 is 44.6 Å². The molecular weight excluding hydrogens is 341 g/mol. The summed E-state index contributed by atoms with van der Waals surface area (Å²) in [6.45, 7) is 1.48. The summed E-state index contributed by atoms with van der Waals surface area (Å²) in [5.74, 6) is -2.05. The third kappa shape index (κ3) is 3.34. The van der Waals surface area contributed by atoms with E-state index in [0.29, 0.717) is 5.56 Å². The molecular formula is C12H9ClFNO4S2. The number of carbonyl (C=O) groups is 1. The molecule has 1 aromatic carbocycles. The normalized spacial score (nSPS) is 11.4. The highest BCUT2D eigenvalue weighted by Crippen LogP contribution is 2.29. The summed E-state index contributed by atoms with van der Waals surface area (Å²) in [4.78, 5) is 10.4. The molecule has 0 radical (unpaired) electrons. The number of thiophene rings is 1. The van der Waals surface area contributed by atoms with Gasteiger partial charge in [0.1, 0.15) is 15.6 Å². The summed E-state index contributed by atoms with van der Waals surface area (Å²) >= 11 is 6.46. The molecule has 9 heteroatoms. The summed E-state index contributed by atoms with van der Waals surface area (Å²) in [7, 11) is -4.16. The maximum absolute atomic E-state index is 13.2. The van der Waals surface area contributed by atoms with E-state index in [1.807, 2.05) is 0 Å². The third-order valence-corrected chi connectivity index (χ3v) is 5.50. The molecule has 1 heterocycles. The Morgan fingerprint density at radius 3 is 2.62 bits per heavy atom. The Kier molecular flexibility index (Phi) is 4.22. The zero-order chi connectivity index (χ0) is 15.8. The van der Waals surface area contributed by atoms with Crippen molar-refractivity contribution in [2.75, 3.05) is 4.72 Å². The Balaban J connectivity index is 2.48. The molecule has 2 N–H and O–H groups in total. The molecule has 5 nitrogen and oxygen atoms in total. The second kappa shape index (κ2) is 5.63. The molecule has 0 aliphatic heterocycles. The maximum atomic E-state index is 13.2. The van der Waals surface area contributed by atoms with Gasteiger partial charge < -0.3 is 5.11 Å². The van der Waals surface area contributed by atoms with Crippen LogP contribution in [0, 0.1) is 12.7 Å². The number of carboxylic acids is 1. The van der Waals surface area contributed by atoms with E-state index in [9.17, 15) is 17.6 Å². The fraction of sp³-hybridized carbons (Fsp3) is 0.0833. The van der Waals surface area contributed by atoms with Gasteiger partial charge in [0.05, 0.1) is 5.69 Å². The van der Waals surface area contributed by atoms with E-state index in [1.165, 1.54) is 18.4 Å². The fourth-order valence-electron chi connectivity index (χ4n) is 1.73. The van der Waals surface area contributed by atoms with Gasteiger partial charge in [0.15, 0.2) is 0 Å². The van der Waals surface area contributed by atoms with Crippen molar-refractivity contribution in [1.82, 2.24) is 0 Å². The van der Waals surface area contributed by atoms with Gasteiger partial charge in [0, 0.05) is 5.02 Å². The smallest absolute Gasteiger partial charge is 0.347 e. The molecule has 0 fully saturated rings. The number of sulfonamides is 1. The fourth-order valence-corrected chi connectivity index (χ4v) is 4.63. The van der Waals surface area contributed by atoms with E-state index in [-0.39, 0.29) is 20.5 Å². The standard InChI is InChI=1S/C12H9ClFNO4S2/c1-6-5-20-10(12(16)17)11(6)21(18,19)15-9-3-7(13)2-8(14)4-9/h2-5,15H,1H3,(H,16,17). The number of aromatic carboxylic acids is 1. The predicted molar refractivity (Wildman–Crippen MR) is 78.2 cm³/mol. The van der Waals surface area contributed by atoms with Crippen LogP contribution in [-0.4, -0.2) is 19.5 Å². The lowest BCUT2D eigenvalue weighted by Gasteiger charge is -2.09. The zero-order valence-electron chi connectivity index (χ0n) is 10.6. The number of hydrogen-bond acceptors (Lipinski definition) is 4. The quantitative estimate of drug-likeness (QED) is 0.886. The van der Waals surface area contributed by atoms with Gasteiger partial charge in [-0.1, -0.05) is 11.6 Å². The molecule has 1 aromatic heterocycles. The molecule has 2 rings (SSSR count). The van der Waals surface area contributed by atoms with Gasteiger partial charge in [-0.15, -0.1) is 11.3 Å². The largest absolute Gasteiger partial charge is 0.477 e. The topological polar surface area (TPSA) is 83.5 Å². The van der Waals surface area contributed by atoms with Gasteiger partial charge in [-0.25, -0.2) is 17.6 Å². The van der Waals surface area contributed by atoms with Crippen molar-refractivity contribution in [3.63, 3.8) is 0 Å². The van der Waals surface area contributed by atoms with Crippen molar-refractivity contribution in [3.8, 4) is 0 Å². The van der Waals surface area contributed by atoms with E-state index in [1.54, 1.807) is 0 Å². The number of carboxylic acid groups (broad SMARTS) is 1. The van der Waals surface area contributed by atoms with Crippen LogP contribution in [0.1, 0.15) is 15.2 Å². The SMILES string of the molecule is Cc1csc(C(=O)O)c1S(=O)(=O)Nc1cc(F)cc(Cl)c1. The number of hydrogen-bond donors (Lipinski definition) is 2. The minimum atomic E-state index is -4.16. The second-order valence-corrected chi connectivity index (χ2v) is 7.08. The summed E-state index contributed by atoms with van der Waals surface area (Å²) in [5, 5.41) is 10.5. The number of nitrogens with one attached hydrogen (secondary N) is 1. The molecule has 0 bridgehead atoms. The zero-order valence-corrected chi connectivity index (χ0v) is 12.9. The Morgan fingerprint density at radius 2 is 2.05 bits per heavy atom. The molecule has 0 aliphatic rings. The van der Waals surface area contributed by atoms with E-state index in [2.05, 4.69) is 4.72 Å². The first kappa shape index (κ1) is 15.7. The lowest BCUT2D eigenvalue weighted by atomic mass is 10.3.